The van der Waals surface area contributed by atoms with E-state index in [1.165, 1.54) is 6.92 Å². The first-order valence-electron chi connectivity index (χ1n) is 4.77. The minimum atomic E-state index is -0.687. The highest BCUT2D eigenvalue weighted by atomic mass is 16.3. The van der Waals surface area contributed by atoms with Crippen LogP contribution in [0.15, 0.2) is 24.3 Å². The van der Waals surface area contributed by atoms with Crippen molar-refractivity contribution >= 4 is 5.78 Å². The van der Waals surface area contributed by atoms with E-state index in [2.05, 4.69) is 0 Å². The standard InChI is InChI=1S/C12H16O2/c1-8-4-6-11(7-5-8)12(14)9(2)10(3)13/h4-7,9,12,14H,1-3H3/t9-,12+/m1/s1. The Labute approximate surface area is 84.6 Å². The van der Waals surface area contributed by atoms with Crippen LogP contribution in [0.5, 0.6) is 0 Å². The molecule has 2 nitrogen and oxygen atoms in total. The Hall–Kier alpha value is -1.15. The lowest BCUT2D eigenvalue weighted by molar-refractivity contribution is -0.123. The van der Waals surface area contributed by atoms with Gasteiger partial charge in [0.15, 0.2) is 0 Å². The van der Waals surface area contributed by atoms with Gasteiger partial charge >= 0.3 is 0 Å². The van der Waals surface area contributed by atoms with E-state index in [4.69, 9.17) is 0 Å². The maximum absolute atomic E-state index is 11.1. The summed E-state index contributed by atoms with van der Waals surface area (Å²) in [5, 5.41) is 9.83. The maximum Gasteiger partial charge on any atom is 0.135 e. The van der Waals surface area contributed by atoms with Crippen molar-refractivity contribution in [1.82, 2.24) is 0 Å². The van der Waals surface area contributed by atoms with E-state index in [0.717, 1.165) is 11.1 Å². The molecule has 0 spiro atoms. The lowest BCUT2D eigenvalue weighted by Gasteiger charge is -2.16. The third-order valence-corrected chi connectivity index (χ3v) is 2.53. The Morgan fingerprint density at radius 3 is 2.21 bits per heavy atom. The fourth-order valence-electron chi connectivity index (χ4n) is 1.27. The number of aryl methyl sites for hydroxylation is 1. The second-order valence-corrected chi connectivity index (χ2v) is 3.75. The molecule has 2 atom stereocenters. The minimum absolute atomic E-state index is 0.0121. The second-order valence-electron chi connectivity index (χ2n) is 3.75. The molecular weight excluding hydrogens is 176 g/mol. The molecule has 76 valence electrons. The van der Waals surface area contributed by atoms with E-state index in [1.807, 2.05) is 31.2 Å². The summed E-state index contributed by atoms with van der Waals surface area (Å²) in [7, 11) is 0. The first-order chi connectivity index (χ1) is 6.52. The first kappa shape index (κ1) is 10.9. The summed E-state index contributed by atoms with van der Waals surface area (Å²) in [6.07, 6.45) is -0.687. The molecule has 0 saturated carbocycles. The van der Waals surface area contributed by atoms with Crippen molar-refractivity contribution in [3.05, 3.63) is 35.4 Å². The van der Waals surface area contributed by atoms with Crippen LogP contribution >= 0.6 is 0 Å². The number of Topliss-reactive ketones (excluding diaryl/α,β-unsaturated/α-hetero) is 1. The molecule has 14 heavy (non-hydrogen) atoms. The smallest absolute Gasteiger partial charge is 0.135 e. The summed E-state index contributed by atoms with van der Waals surface area (Å²) in [6, 6.07) is 7.59. The topological polar surface area (TPSA) is 37.3 Å². The molecule has 0 bridgehead atoms. The molecule has 0 amide bonds. The predicted molar refractivity (Wildman–Crippen MR) is 56.0 cm³/mol. The zero-order valence-corrected chi connectivity index (χ0v) is 8.82. The molecular formula is C12H16O2. The minimum Gasteiger partial charge on any atom is -0.388 e. The van der Waals surface area contributed by atoms with Crippen molar-refractivity contribution in [2.24, 2.45) is 5.92 Å². The van der Waals surface area contributed by atoms with Crippen LogP contribution < -0.4 is 0 Å². The van der Waals surface area contributed by atoms with Crippen molar-refractivity contribution < 1.29 is 9.90 Å². The van der Waals surface area contributed by atoms with E-state index in [1.54, 1.807) is 6.92 Å². The third-order valence-electron chi connectivity index (χ3n) is 2.53. The van der Waals surface area contributed by atoms with Gasteiger partial charge in [0.05, 0.1) is 6.10 Å². The molecule has 0 unspecified atom stereocenters. The molecule has 0 fully saturated rings. The molecule has 2 heteroatoms. The van der Waals surface area contributed by atoms with Gasteiger partial charge in [-0.3, -0.25) is 4.79 Å². The van der Waals surface area contributed by atoms with Crippen LogP contribution in [0.3, 0.4) is 0 Å². The number of hydrogen-bond donors (Lipinski definition) is 1. The van der Waals surface area contributed by atoms with E-state index < -0.39 is 6.10 Å². The van der Waals surface area contributed by atoms with Gasteiger partial charge in [-0.2, -0.15) is 0 Å². The lowest BCUT2D eigenvalue weighted by Crippen LogP contribution is -2.16. The van der Waals surface area contributed by atoms with Crippen molar-refractivity contribution in [3.63, 3.8) is 0 Å². The number of aliphatic hydroxyl groups excluding tert-OH is 1. The molecule has 0 aliphatic carbocycles. The Bertz CT molecular complexity index is 314. The number of aliphatic hydroxyl groups is 1. The van der Waals surface area contributed by atoms with Crippen molar-refractivity contribution in [2.75, 3.05) is 0 Å². The SMILES string of the molecule is CC(=O)[C@@H](C)[C@H](O)c1ccc(C)cc1. The summed E-state index contributed by atoms with van der Waals surface area (Å²) in [5.74, 6) is -0.323. The summed E-state index contributed by atoms with van der Waals surface area (Å²) in [4.78, 5) is 11.1. The van der Waals surface area contributed by atoms with E-state index in [-0.39, 0.29) is 11.7 Å². The summed E-state index contributed by atoms with van der Waals surface area (Å²) < 4.78 is 0. The number of benzene rings is 1. The van der Waals surface area contributed by atoms with Gasteiger partial charge in [0, 0.05) is 5.92 Å². The molecule has 0 aliphatic heterocycles. The van der Waals surface area contributed by atoms with Gasteiger partial charge in [0.25, 0.3) is 0 Å². The molecule has 0 saturated heterocycles. The number of ketones is 1. The Balaban J connectivity index is 2.84. The predicted octanol–water partition coefficient (Wildman–Crippen LogP) is 2.25. The van der Waals surface area contributed by atoms with Crippen molar-refractivity contribution in [2.45, 2.75) is 26.9 Å². The van der Waals surface area contributed by atoms with Gasteiger partial charge in [-0.05, 0) is 19.4 Å². The molecule has 0 aliphatic rings. The molecule has 1 rings (SSSR count). The third kappa shape index (κ3) is 2.42. The number of rotatable bonds is 3. The summed E-state index contributed by atoms with van der Waals surface area (Å²) in [6.45, 7) is 5.24. The van der Waals surface area contributed by atoms with Crippen LogP contribution in [0.1, 0.15) is 31.1 Å². The van der Waals surface area contributed by atoms with Gasteiger partial charge < -0.3 is 5.11 Å². The monoisotopic (exact) mass is 192 g/mol. The quantitative estimate of drug-likeness (QED) is 0.797. The van der Waals surface area contributed by atoms with Crippen molar-refractivity contribution in [1.29, 1.82) is 0 Å². The summed E-state index contributed by atoms with van der Waals surface area (Å²) >= 11 is 0. The number of carbonyl (C=O) groups is 1. The second kappa shape index (κ2) is 4.38. The maximum atomic E-state index is 11.1. The zero-order chi connectivity index (χ0) is 10.7. The van der Waals surface area contributed by atoms with Crippen LogP contribution in [0.2, 0.25) is 0 Å². The summed E-state index contributed by atoms with van der Waals surface area (Å²) in [5.41, 5.74) is 1.95. The molecule has 0 aromatic heterocycles. The fraction of sp³-hybridized carbons (Fsp3) is 0.417. The largest absolute Gasteiger partial charge is 0.388 e. The van der Waals surface area contributed by atoms with Gasteiger partial charge in [-0.15, -0.1) is 0 Å². The number of hydrogen-bond acceptors (Lipinski definition) is 2. The van der Waals surface area contributed by atoms with Crippen LogP contribution in [-0.4, -0.2) is 10.9 Å². The van der Waals surface area contributed by atoms with Gasteiger partial charge in [0.2, 0.25) is 0 Å². The Kier molecular flexibility index (Phi) is 3.42. The molecule has 0 radical (unpaired) electrons. The van der Waals surface area contributed by atoms with Crippen LogP contribution in [-0.2, 0) is 4.79 Å². The first-order valence-corrected chi connectivity index (χ1v) is 4.77. The highest BCUT2D eigenvalue weighted by Crippen LogP contribution is 2.22. The van der Waals surface area contributed by atoms with E-state index >= 15 is 0 Å². The van der Waals surface area contributed by atoms with E-state index in [9.17, 15) is 9.90 Å². The Morgan fingerprint density at radius 1 is 1.29 bits per heavy atom. The molecule has 1 N–H and O–H groups in total. The van der Waals surface area contributed by atoms with Crippen LogP contribution in [0.25, 0.3) is 0 Å². The molecule has 1 aromatic carbocycles. The van der Waals surface area contributed by atoms with Gasteiger partial charge in [-0.25, -0.2) is 0 Å². The van der Waals surface area contributed by atoms with E-state index in [0.29, 0.717) is 0 Å². The van der Waals surface area contributed by atoms with Gasteiger partial charge in [-0.1, -0.05) is 36.8 Å². The Morgan fingerprint density at radius 2 is 1.79 bits per heavy atom. The number of carbonyl (C=O) groups excluding carboxylic acids is 1. The van der Waals surface area contributed by atoms with Crippen molar-refractivity contribution in [3.8, 4) is 0 Å². The highest BCUT2D eigenvalue weighted by Gasteiger charge is 2.19. The van der Waals surface area contributed by atoms with Crippen LogP contribution in [0.4, 0.5) is 0 Å². The zero-order valence-electron chi connectivity index (χ0n) is 8.82. The lowest BCUT2D eigenvalue weighted by atomic mass is 9.94. The molecule has 0 heterocycles. The van der Waals surface area contributed by atoms with Crippen LogP contribution in [0, 0.1) is 12.8 Å². The normalized spacial score (nSPS) is 14.9. The average molecular weight is 192 g/mol. The average Bonchev–Trinajstić information content (AvgIpc) is 2.16. The molecule has 1 aromatic rings. The highest BCUT2D eigenvalue weighted by molar-refractivity contribution is 5.78. The van der Waals surface area contributed by atoms with Gasteiger partial charge in [0.1, 0.15) is 5.78 Å². The fourth-order valence-corrected chi connectivity index (χ4v) is 1.27.